The van der Waals surface area contributed by atoms with Crippen molar-refractivity contribution in [1.29, 1.82) is 5.26 Å². The first-order chi connectivity index (χ1) is 16.7. The van der Waals surface area contributed by atoms with Gasteiger partial charge in [-0.1, -0.05) is 0 Å². The number of pyridine rings is 1. The second kappa shape index (κ2) is 9.61. The molecule has 4 aromatic heterocycles. The molecule has 0 aromatic carbocycles. The SMILES string of the molecule is CC(C)(O)C(F)CNC(=O)c1cnc(-c2ccc3cc(C#N)cnn23)cc1Nc1cnc(Cl)nc1. The fraction of sp³-hybridized carbons (Fsp3) is 0.217. The van der Waals surface area contributed by atoms with E-state index < -0.39 is 17.7 Å². The zero-order valence-corrected chi connectivity index (χ0v) is 19.5. The minimum atomic E-state index is -1.67. The lowest BCUT2D eigenvalue weighted by molar-refractivity contribution is -0.00177. The van der Waals surface area contributed by atoms with Gasteiger partial charge in [0.1, 0.15) is 12.2 Å². The van der Waals surface area contributed by atoms with Crippen LogP contribution >= 0.6 is 11.6 Å². The van der Waals surface area contributed by atoms with Crippen molar-refractivity contribution in [2.24, 2.45) is 0 Å². The van der Waals surface area contributed by atoms with E-state index in [1.807, 2.05) is 6.07 Å². The number of aliphatic hydroxyl groups is 1. The van der Waals surface area contributed by atoms with Gasteiger partial charge in [-0.2, -0.15) is 10.4 Å². The van der Waals surface area contributed by atoms with Crippen LogP contribution in [0.3, 0.4) is 0 Å². The maximum atomic E-state index is 14.2. The molecule has 1 atom stereocenters. The smallest absolute Gasteiger partial charge is 0.255 e. The third-order valence-electron chi connectivity index (χ3n) is 5.15. The number of halogens is 2. The molecular weight excluding hydrogens is 475 g/mol. The van der Waals surface area contributed by atoms with Gasteiger partial charge in [0.15, 0.2) is 0 Å². The summed E-state index contributed by atoms with van der Waals surface area (Å²) in [4.78, 5) is 25.1. The van der Waals surface area contributed by atoms with E-state index in [-0.39, 0.29) is 17.4 Å². The van der Waals surface area contributed by atoms with Crippen LogP contribution in [-0.4, -0.2) is 53.9 Å². The molecule has 1 amide bonds. The van der Waals surface area contributed by atoms with Gasteiger partial charge in [0.05, 0.1) is 70.1 Å². The summed E-state index contributed by atoms with van der Waals surface area (Å²) in [6, 6.07) is 8.96. The summed E-state index contributed by atoms with van der Waals surface area (Å²) in [5.41, 5.74) is 1.55. The van der Waals surface area contributed by atoms with Crippen molar-refractivity contribution < 1.29 is 14.3 Å². The molecule has 0 aliphatic heterocycles. The summed E-state index contributed by atoms with van der Waals surface area (Å²) in [6.07, 6.45) is 4.01. The number of carbonyl (C=O) groups is 1. The Bertz CT molecular complexity index is 1430. The standard InChI is InChI=1S/C23H20ClFN8O2/c1-23(2,35)20(25)12-28-21(34)16-11-27-18(6-17(16)32-14-9-29-22(24)30-10-14)19-4-3-15-5-13(7-26)8-31-33(15)19/h3-6,8-11,20,35H,12H2,1-2H3,(H,27,32)(H,28,34). The minimum Gasteiger partial charge on any atom is -0.387 e. The van der Waals surface area contributed by atoms with Crippen LogP contribution in [0.4, 0.5) is 15.8 Å². The van der Waals surface area contributed by atoms with Crippen LogP contribution in [-0.2, 0) is 0 Å². The molecule has 35 heavy (non-hydrogen) atoms. The molecule has 4 rings (SSSR count). The maximum Gasteiger partial charge on any atom is 0.255 e. The maximum absolute atomic E-state index is 14.2. The molecule has 3 N–H and O–H groups in total. The summed E-state index contributed by atoms with van der Waals surface area (Å²) in [6.45, 7) is 2.26. The average Bonchev–Trinajstić information content (AvgIpc) is 3.26. The van der Waals surface area contributed by atoms with Gasteiger partial charge in [0.25, 0.3) is 5.91 Å². The Kier molecular flexibility index (Phi) is 6.59. The third-order valence-corrected chi connectivity index (χ3v) is 5.34. The first-order valence-corrected chi connectivity index (χ1v) is 10.8. The number of rotatable bonds is 7. The predicted molar refractivity (Wildman–Crippen MR) is 127 cm³/mol. The van der Waals surface area contributed by atoms with Crippen molar-refractivity contribution in [3.63, 3.8) is 0 Å². The van der Waals surface area contributed by atoms with E-state index in [1.54, 1.807) is 28.8 Å². The number of anilines is 2. The van der Waals surface area contributed by atoms with Crippen LogP contribution < -0.4 is 10.6 Å². The number of hydrogen-bond donors (Lipinski definition) is 3. The second-order valence-electron chi connectivity index (χ2n) is 8.22. The van der Waals surface area contributed by atoms with E-state index >= 15 is 0 Å². The zero-order chi connectivity index (χ0) is 25.2. The van der Waals surface area contributed by atoms with Gasteiger partial charge in [0.2, 0.25) is 5.28 Å². The highest BCUT2D eigenvalue weighted by Crippen LogP contribution is 2.27. The summed E-state index contributed by atoms with van der Waals surface area (Å²) >= 11 is 5.76. The van der Waals surface area contributed by atoms with Gasteiger partial charge in [0, 0.05) is 6.20 Å². The van der Waals surface area contributed by atoms with Crippen LogP contribution in [0.1, 0.15) is 29.8 Å². The Labute approximate surface area is 204 Å². The number of alkyl halides is 1. The molecule has 4 aromatic rings. The Hall–Kier alpha value is -4.14. The lowest BCUT2D eigenvalue weighted by atomic mass is 10.0. The van der Waals surface area contributed by atoms with Crippen molar-refractivity contribution in [2.75, 3.05) is 11.9 Å². The number of carbonyl (C=O) groups excluding carboxylic acids is 1. The van der Waals surface area contributed by atoms with Crippen molar-refractivity contribution in [2.45, 2.75) is 25.6 Å². The first kappa shape index (κ1) is 24.0. The van der Waals surface area contributed by atoms with E-state index in [4.69, 9.17) is 16.9 Å². The Morgan fingerprint density at radius 1 is 1.23 bits per heavy atom. The highest BCUT2D eigenvalue weighted by molar-refractivity contribution is 6.28. The molecular formula is C23H20ClFN8O2. The van der Waals surface area contributed by atoms with Gasteiger partial charge < -0.3 is 15.7 Å². The van der Waals surface area contributed by atoms with Gasteiger partial charge in [-0.15, -0.1) is 0 Å². The quantitative estimate of drug-likeness (QED) is 0.332. The number of nitrogens with one attached hydrogen (secondary N) is 2. The molecule has 0 spiro atoms. The van der Waals surface area contributed by atoms with Crippen LogP contribution in [0.2, 0.25) is 5.28 Å². The van der Waals surface area contributed by atoms with E-state index in [0.717, 1.165) is 0 Å². The minimum absolute atomic E-state index is 0.0620. The molecule has 0 aliphatic carbocycles. The van der Waals surface area contributed by atoms with Crippen LogP contribution in [0.5, 0.6) is 0 Å². The Balaban J connectivity index is 1.71. The predicted octanol–water partition coefficient (Wildman–Crippen LogP) is 3.29. The largest absolute Gasteiger partial charge is 0.387 e. The lowest BCUT2D eigenvalue weighted by Gasteiger charge is -2.22. The van der Waals surface area contributed by atoms with Gasteiger partial charge in [-0.05, 0) is 49.7 Å². The first-order valence-electron chi connectivity index (χ1n) is 10.4. The van der Waals surface area contributed by atoms with Gasteiger partial charge >= 0.3 is 0 Å². The van der Waals surface area contributed by atoms with Crippen molar-refractivity contribution in [3.8, 4) is 17.5 Å². The summed E-state index contributed by atoms with van der Waals surface area (Å²) in [5, 5.41) is 28.8. The highest BCUT2D eigenvalue weighted by Gasteiger charge is 2.27. The van der Waals surface area contributed by atoms with Crippen LogP contribution in [0, 0.1) is 11.3 Å². The van der Waals surface area contributed by atoms with E-state index in [1.165, 1.54) is 38.6 Å². The molecule has 0 saturated carbocycles. The topological polar surface area (TPSA) is 141 Å². The monoisotopic (exact) mass is 494 g/mol. The number of aromatic nitrogens is 5. The van der Waals surface area contributed by atoms with Gasteiger partial charge in [-0.3, -0.25) is 9.78 Å². The molecule has 0 radical (unpaired) electrons. The van der Waals surface area contributed by atoms with Gasteiger partial charge in [-0.25, -0.2) is 18.9 Å². The number of fused-ring (bicyclic) bond motifs is 1. The van der Waals surface area contributed by atoms with Crippen LogP contribution in [0.25, 0.3) is 16.9 Å². The summed E-state index contributed by atoms with van der Waals surface area (Å²) in [5.74, 6) is -0.592. The van der Waals surface area contributed by atoms with E-state index in [0.29, 0.717) is 33.8 Å². The molecule has 0 fully saturated rings. The lowest BCUT2D eigenvalue weighted by Crippen LogP contribution is -2.42. The van der Waals surface area contributed by atoms with E-state index in [9.17, 15) is 14.3 Å². The third kappa shape index (κ3) is 5.34. The molecule has 178 valence electrons. The molecule has 0 saturated heterocycles. The normalized spacial score (nSPS) is 12.2. The van der Waals surface area contributed by atoms with E-state index in [2.05, 4.69) is 30.7 Å². The molecule has 0 bridgehead atoms. The Morgan fingerprint density at radius 2 is 1.97 bits per heavy atom. The molecule has 4 heterocycles. The molecule has 12 heteroatoms. The number of nitrogens with zero attached hydrogens (tertiary/aromatic N) is 6. The molecule has 0 aliphatic rings. The number of hydrogen-bond acceptors (Lipinski definition) is 8. The fourth-order valence-electron chi connectivity index (χ4n) is 3.19. The highest BCUT2D eigenvalue weighted by atomic mass is 35.5. The fourth-order valence-corrected chi connectivity index (χ4v) is 3.29. The number of nitriles is 1. The zero-order valence-electron chi connectivity index (χ0n) is 18.7. The van der Waals surface area contributed by atoms with Crippen LogP contribution in [0.15, 0.2) is 49.1 Å². The summed E-state index contributed by atoms with van der Waals surface area (Å²) in [7, 11) is 0. The number of amides is 1. The molecule has 1 unspecified atom stereocenters. The molecule has 10 nitrogen and oxygen atoms in total. The summed E-state index contributed by atoms with van der Waals surface area (Å²) < 4.78 is 15.8. The average molecular weight is 495 g/mol. The second-order valence-corrected chi connectivity index (χ2v) is 8.56. The van der Waals surface area contributed by atoms with Crippen molar-refractivity contribution in [1.82, 2.24) is 29.9 Å². The van der Waals surface area contributed by atoms with Crippen molar-refractivity contribution in [3.05, 3.63) is 65.5 Å². The van der Waals surface area contributed by atoms with Crippen molar-refractivity contribution >= 4 is 34.4 Å². The Morgan fingerprint density at radius 3 is 2.66 bits per heavy atom.